The van der Waals surface area contributed by atoms with Gasteiger partial charge in [-0.15, -0.1) is 0 Å². The number of para-hydroxylation sites is 1. The molecule has 0 aromatic heterocycles. The van der Waals surface area contributed by atoms with Gasteiger partial charge in [0.15, 0.2) is 0 Å². The third-order valence-electron chi connectivity index (χ3n) is 5.15. The fourth-order valence-electron chi connectivity index (χ4n) is 3.52. The van der Waals surface area contributed by atoms with Crippen LogP contribution in [0.1, 0.15) is 48.0 Å². The highest BCUT2D eigenvalue weighted by Gasteiger charge is 2.24. The van der Waals surface area contributed by atoms with Gasteiger partial charge in [-0.2, -0.15) is 0 Å². The summed E-state index contributed by atoms with van der Waals surface area (Å²) in [6.07, 6.45) is 5.44. The molecule has 0 bridgehead atoms. The van der Waals surface area contributed by atoms with Crippen LogP contribution in [0.2, 0.25) is 0 Å². The van der Waals surface area contributed by atoms with Crippen LogP contribution < -0.4 is 9.62 Å². The minimum atomic E-state index is -3.75. The smallest absolute Gasteiger partial charge is 0.264 e. The van der Waals surface area contributed by atoms with Gasteiger partial charge in [-0.3, -0.25) is 9.10 Å². The molecule has 1 amide bonds. The predicted octanol–water partition coefficient (Wildman–Crippen LogP) is 3.88. The van der Waals surface area contributed by atoms with Crippen molar-refractivity contribution in [1.82, 2.24) is 5.32 Å². The van der Waals surface area contributed by atoms with Gasteiger partial charge in [-0.1, -0.05) is 43.5 Å². The Kier molecular flexibility index (Phi) is 5.85. The summed E-state index contributed by atoms with van der Waals surface area (Å²) in [5.41, 5.74) is 1.86. The van der Waals surface area contributed by atoms with Crippen molar-refractivity contribution in [2.24, 2.45) is 0 Å². The molecule has 27 heavy (non-hydrogen) atoms. The van der Waals surface area contributed by atoms with Crippen molar-refractivity contribution >= 4 is 21.6 Å². The Morgan fingerprint density at radius 3 is 2.44 bits per heavy atom. The van der Waals surface area contributed by atoms with Gasteiger partial charge < -0.3 is 5.32 Å². The minimum absolute atomic E-state index is 0.115. The van der Waals surface area contributed by atoms with E-state index in [9.17, 15) is 13.2 Å². The monoisotopic (exact) mass is 386 g/mol. The SMILES string of the molecule is Cc1ccccc1N(C)S(=O)(=O)c1cccc(C(=O)NC2CCCCC2)c1. The summed E-state index contributed by atoms with van der Waals surface area (Å²) in [7, 11) is -2.22. The van der Waals surface area contributed by atoms with E-state index in [1.807, 2.05) is 25.1 Å². The molecule has 1 aliphatic carbocycles. The molecule has 1 N–H and O–H groups in total. The van der Waals surface area contributed by atoms with Gasteiger partial charge in [0.2, 0.25) is 0 Å². The van der Waals surface area contributed by atoms with Gasteiger partial charge in [0.05, 0.1) is 10.6 Å². The maximum atomic E-state index is 13.0. The number of aryl methyl sites for hydroxylation is 1. The molecule has 0 unspecified atom stereocenters. The van der Waals surface area contributed by atoms with Crippen LogP contribution in [0.5, 0.6) is 0 Å². The molecule has 2 aromatic carbocycles. The van der Waals surface area contributed by atoms with Crippen molar-refractivity contribution in [2.45, 2.75) is 50.0 Å². The molecule has 5 nitrogen and oxygen atoms in total. The lowest BCUT2D eigenvalue weighted by atomic mass is 9.95. The second-order valence-electron chi connectivity index (χ2n) is 7.10. The zero-order chi connectivity index (χ0) is 19.4. The largest absolute Gasteiger partial charge is 0.349 e. The van der Waals surface area contributed by atoms with Crippen molar-refractivity contribution < 1.29 is 13.2 Å². The molecule has 2 aromatic rings. The summed E-state index contributed by atoms with van der Waals surface area (Å²) in [5.74, 6) is -0.211. The van der Waals surface area contributed by atoms with Crippen LogP contribution in [0.25, 0.3) is 0 Å². The predicted molar refractivity (Wildman–Crippen MR) is 108 cm³/mol. The second-order valence-corrected chi connectivity index (χ2v) is 9.06. The van der Waals surface area contributed by atoms with E-state index in [2.05, 4.69) is 5.32 Å². The first-order valence-corrected chi connectivity index (χ1v) is 10.8. The van der Waals surface area contributed by atoms with Crippen molar-refractivity contribution in [3.05, 3.63) is 59.7 Å². The number of nitrogens with zero attached hydrogens (tertiary/aromatic N) is 1. The lowest BCUT2D eigenvalue weighted by Gasteiger charge is -2.23. The van der Waals surface area contributed by atoms with E-state index in [0.29, 0.717) is 11.3 Å². The topological polar surface area (TPSA) is 66.5 Å². The van der Waals surface area contributed by atoms with Crippen LogP contribution >= 0.6 is 0 Å². The van der Waals surface area contributed by atoms with Crippen molar-refractivity contribution in [3.63, 3.8) is 0 Å². The van der Waals surface area contributed by atoms with Crippen molar-refractivity contribution in [3.8, 4) is 0 Å². The molecule has 0 aliphatic heterocycles. The zero-order valence-electron chi connectivity index (χ0n) is 15.8. The Balaban J connectivity index is 1.83. The first-order valence-electron chi connectivity index (χ1n) is 9.35. The number of carbonyl (C=O) groups excluding carboxylic acids is 1. The number of benzene rings is 2. The molecule has 1 fully saturated rings. The summed E-state index contributed by atoms with van der Waals surface area (Å²) < 4.78 is 27.4. The fraction of sp³-hybridized carbons (Fsp3) is 0.381. The van der Waals surface area contributed by atoms with E-state index < -0.39 is 10.0 Å². The Bertz CT molecular complexity index is 919. The van der Waals surface area contributed by atoms with Gasteiger partial charge in [-0.25, -0.2) is 8.42 Å². The standard InChI is InChI=1S/C21H26N2O3S/c1-16-9-6-7-14-20(16)23(2)27(25,26)19-13-8-10-17(15-19)21(24)22-18-11-4-3-5-12-18/h6-10,13-15,18H,3-5,11-12H2,1-2H3,(H,22,24). The number of carbonyl (C=O) groups is 1. The lowest BCUT2D eigenvalue weighted by Crippen LogP contribution is -2.36. The van der Waals surface area contributed by atoms with E-state index >= 15 is 0 Å². The van der Waals surface area contributed by atoms with E-state index in [0.717, 1.165) is 31.2 Å². The summed E-state index contributed by atoms with van der Waals surface area (Å²) in [4.78, 5) is 12.7. The number of anilines is 1. The molecule has 0 radical (unpaired) electrons. The van der Waals surface area contributed by atoms with E-state index in [4.69, 9.17) is 0 Å². The molecule has 3 rings (SSSR count). The van der Waals surface area contributed by atoms with Crippen molar-refractivity contribution in [2.75, 3.05) is 11.4 Å². The molecular weight excluding hydrogens is 360 g/mol. The Labute approximate surface area is 161 Å². The minimum Gasteiger partial charge on any atom is -0.349 e. The maximum absolute atomic E-state index is 13.0. The van der Waals surface area contributed by atoms with Crippen LogP contribution in [0.4, 0.5) is 5.69 Å². The average Bonchev–Trinajstić information content (AvgIpc) is 2.68. The summed E-state index contributed by atoms with van der Waals surface area (Å²) in [6, 6.07) is 13.8. The molecule has 144 valence electrons. The lowest BCUT2D eigenvalue weighted by molar-refractivity contribution is 0.0927. The molecule has 6 heteroatoms. The molecule has 1 aliphatic rings. The fourth-order valence-corrected chi connectivity index (χ4v) is 4.82. The van der Waals surface area contributed by atoms with Crippen LogP contribution in [0.3, 0.4) is 0 Å². The number of hydrogen-bond acceptors (Lipinski definition) is 3. The number of sulfonamides is 1. The molecule has 0 heterocycles. The average molecular weight is 387 g/mol. The number of rotatable bonds is 5. The van der Waals surface area contributed by atoms with Gasteiger partial charge in [-0.05, 0) is 49.6 Å². The number of amides is 1. The molecular formula is C21H26N2O3S. The first kappa shape index (κ1) is 19.4. The van der Waals surface area contributed by atoms with E-state index in [1.165, 1.54) is 29.9 Å². The first-order chi connectivity index (χ1) is 12.9. The third kappa shape index (κ3) is 4.33. The highest BCUT2D eigenvalue weighted by atomic mass is 32.2. The summed E-state index contributed by atoms with van der Waals surface area (Å²) in [6.45, 7) is 1.87. The summed E-state index contributed by atoms with van der Waals surface area (Å²) >= 11 is 0. The van der Waals surface area contributed by atoms with Gasteiger partial charge in [0.1, 0.15) is 0 Å². The van der Waals surface area contributed by atoms with Gasteiger partial charge in [0.25, 0.3) is 15.9 Å². The van der Waals surface area contributed by atoms with E-state index in [1.54, 1.807) is 18.2 Å². The van der Waals surface area contributed by atoms with Crippen LogP contribution in [0, 0.1) is 6.92 Å². The number of nitrogens with one attached hydrogen (secondary N) is 1. The molecule has 0 atom stereocenters. The van der Waals surface area contributed by atoms with Crippen LogP contribution in [0.15, 0.2) is 53.4 Å². The molecule has 0 spiro atoms. The maximum Gasteiger partial charge on any atom is 0.264 e. The highest BCUT2D eigenvalue weighted by molar-refractivity contribution is 7.92. The quantitative estimate of drug-likeness (QED) is 0.848. The zero-order valence-corrected chi connectivity index (χ0v) is 16.6. The number of hydrogen-bond donors (Lipinski definition) is 1. The van der Waals surface area contributed by atoms with Gasteiger partial charge in [0, 0.05) is 18.7 Å². The molecule has 1 saturated carbocycles. The second kappa shape index (κ2) is 8.13. The Morgan fingerprint density at radius 1 is 1.04 bits per heavy atom. The highest BCUT2D eigenvalue weighted by Crippen LogP contribution is 2.25. The van der Waals surface area contributed by atoms with E-state index in [-0.39, 0.29) is 16.8 Å². The third-order valence-corrected chi connectivity index (χ3v) is 6.92. The van der Waals surface area contributed by atoms with Crippen molar-refractivity contribution in [1.29, 1.82) is 0 Å². The normalized spacial score (nSPS) is 15.3. The molecule has 0 saturated heterocycles. The van der Waals surface area contributed by atoms with Crippen LogP contribution in [-0.2, 0) is 10.0 Å². The summed E-state index contributed by atoms with van der Waals surface area (Å²) in [5, 5.41) is 3.04. The van der Waals surface area contributed by atoms with Crippen LogP contribution in [-0.4, -0.2) is 27.4 Å². The Morgan fingerprint density at radius 2 is 1.74 bits per heavy atom. The Hall–Kier alpha value is -2.34. The van der Waals surface area contributed by atoms with Gasteiger partial charge >= 0.3 is 0 Å².